The molecule has 0 fully saturated rings. The van der Waals surface area contributed by atoms with Crippen molar-refractivity contribution >= 4 is 5.82 Å². The van der Waals surface area contributed by atoms with Crippen LogP contribution in [0.3, 0.4) is 0 Å². The molecule has 0 aliphatic carbocycles. The molecule has 2 aromatic rings. The third-order valence-corrected chi connectivity index (χ3v) is 3.69. The van der Waals surface area contributed by atoms with Crippen LogP contribution in [0.1, 0.15) is 32.4 Å². The van der Waals surface area contributed by atoms with Crippen LogP contribution in [0.5, 0.6) is 0 Å². The van der Waals surface area contributed by atoms with Crippen molar-refractivity contribution in [1.82, 2.24) is 9.78 Å². The lowest BCUT2D eigenvalue weighted by molar-refractivity contribution is 0.517. The maximum absolute atomic E-state index is 14.0. The van der Waals surface area contributed by atoms with Gasteiger partial charge >= 0.3 is 0 Å². The van der Waals surface area contributed by atoms with Gasteiger partial charge in [-0.05, 0) is 12.0 Å². The van der Waals surface area contributed by atoms with Crippen LogP contribution in [0.15, 0.2) is 24.3 Å². The molecule has 2 N–H and O–H groups in total. The Balaban J connectivity index is 2.66. The number of nitrogens with zero attached hydrogens (tertiary/aromatic N) is 2. The third kappa shape index (κ3) is 2.35. The number of benzene rings is 1. The van der Waals surface area contributed by atoms with Gasteiger partial charge in [-0.15, -0.1) is 0 Å². The first-order chi connectivity index (χ1) is 8.93. The van der Waals surface area contributed by atoms with Crippen molar-refractivity contribution in [3.05, 3.63) is 35.8 Å². The summed E-state index contributed by atoms with van der Waals surface area (Å²) in [6.45, 7) is 6.35. The Morgan fingerprint density at radius 3 is 2.42 bits per heavy atom. The molecule has 2 rings (SSSR count). The van der Waals surface area contributed by atoms with Gasteiger partial charge in [0.2, 0.25) is 0 Å². The first kappa shape index (κ1) is 13.6. The van der Waals surface area contributed by atoms with Crippen LogP contribution in [-0.4, -0.2) is 9.78 Å². The Bertz CT molecular complexity index is 587. The Morgan fingerprint density at radius 1 is 1.21 bits per heavy atom. The maximum atomic E-state index is 14.0. The average Bonchev–Trinajstić information content (AvgIpc) is 2.66. The van der Waals surface area contributed by atoms with Crippen LogP contribution in [0.25, 0.3) is 11.1 Å². The van der Waals surface area contributed by atoms with Crippen LogP contribution in [-0.2, 0) is 7.05 Å². The van der Waals surface area contributed by atoms with Crippen LogP contribution >= 0.6 is 0 Å². The number of halogens is 1. The summed E-state index contributed by atoms with van der Waals surface area (Å²) in [4.78, 5) is 0. The minimum atomic E-state index is -0.264. The number of nitrogens with two attached hydrogens (primary N) is 1. The quantitative estimate of drug-likeness (QED) is 0.918. The van der Waals surface area contributed by atoms with Gasteiger partial charge in [-0.1, -0.05) is 39.0 Å². The highest BCUT2D eigenvalue weighted by Crippen LogP contribution is 2.37. The van der Waals surface area contributed by atoms with Crippen molar-refractivity contribution in [1.29, 1.82) is 0 Å². The number of aryl methyl sites for hydroxylation is 1. The first-order valence-corrected chi connectivity index (χ1v) is 6.50. The molecule has 0 aliphatic heterocycles. The van der Waals surface area contributed by atoms with Crippen LogP contribution in [0.4, 0.5) is 10.2 Å². The summed E-state index contributed by atoms with van der Waals surface area (Å²) in [7, 11) is 1.79. The number of rotatable bonds is 3. The van der Waals surface area contributed by atoms with Gasteiger partial charge in [-0.25, -0.2) is 4.39 Å². The summed E-state index contributed by atoms with van der Waals surface area (Å²) >= 11 is 0. The summed E-state index contributed by atoms with van der Waals surface area (Å²) in [5.74, 6) is 0.880. The molecule has 0 spiro atoms. The van der Waals surface area contributed by atoms with Crippen molar-refractivity contribution in [3.63, 3.8) is 0 Å². The molecule has 3 nitrogen and oxygen atoms in total. The molecule has 1 atom stereocenters. The van der Waals surface area contributed by atoms with E-state index in [9.17, 15) is 4.39 Å². The largest absolute Gasteiger partial charge is 0.383 e. The molecule has 1 unspecified atom stereocenters. The number of aromatic nitrogens is 2. The highest BCUT2D eigenvalue weighted by atomic mass is 19.1. The molecule has 1 aromatic heterocycles. The van der Waals surface area contributed by atoms with E-state index in [0.717, 1.165) is 11.3 Å². The fraction of sp³-hybridized carbons (Fsp3) is 0.400. The van der Waals surface area contributed by atoms with Crippen molar-refractivity contribution < 1.29 is 4.39 Å². The fourth-order valence-corrected chi connectivity index (χ4v) is 2.13. The van der Waals surface area contributed by atoms with E-state index in [1.54, 1.807) is 23.9 Å². The lowest BCUT2D eigenvalue weighted by atomic mass is 9.90. The summed E-state index contributed by atoms with van der Waals surface area (Å²) in [5.41, 5.74) is 8.18. The standard InChI is InChI=1S/C15H20FN3/c1-9(2)10(3)14-13(15(17)19(4)18-14)11-7-5-6-8-12(11)16/h5-10H,17H2,1-4H3. The number of nitrogen functional groups attached to an aromatic ring is 1. The highest BCUT2D eigenvalue weighted by molar-refractivity contribution is 5.77. The summed E-state index contributed by atoms with van der Waals surface area (Å²) in [6.07, 6.45) is 0. The van der Waals surface area contributed by atoms with Gasteiger partial charge in [0, 0.05) is 18.5 Å². The molecule has 102 valence electrons. The molecule has 0 bridgehead atoms. The molecular weight excluding hydrogens is 241 g/mol. The van der Waals surface area contributed by atoms with Gasteiger partial charge in [0.05, 0.1) is 11.3 Å². The average molecular weight is 261 g/mol. The second kappa shape index (κ2) is 5.03. The van der Waals surface area contributed by atoms with E-state index in [1.165, 1.54) is 6.07 Å². The molecule has 19 heavy (non-hydrogen) atoms. The van der Waals surface area contributed by atoms with Crippen LogP contribution in [0.2, 0.25) is 0 Å². The third-order valence-electron chi connectivity index (χ3n) is 3.69. The molecule has 0 saturated carbocycles. The SMILES string of the molecule is CC(C)C(C)c1nn(C)c(N)c1-c1ccccc1F. The molecule has 0 aliphatic rings. The lowest BCUT2D eigenvalue weighted by Crippen LogP contribution is -2.05. The Morgan fingerprint density at radius 2 is 1.84 bits per heavy atom. The monoisotopic (exact) mass is 261 g/mol. The summed E-state index contributed by atoms with van der Waals surface area (Å²) in [6, 6.07) is 6.69. The number of hydrogen-bond acceptors (Lipinski definition) is 2. The summed E-state index contributed by atoms with van der Waals surface area (Å²) < 4.78 is 15.6. The van der Waals surface area contributed by atoms with E-state index in [-0.39, 0.29) is 11.7 Å². The van der Waals surface area contributed by atoms with Crippen molar-refractivity contribution in [2.24, 2.45) is 13.0 Å². The minimum absolute atomic E-state index is 0.220. The second-order valence-corrected chi connectivity index (χ2v) is 5.28. The van der Waals surface area contributed by atoms with Gasteiger partial charge in [0.25, 0.3) is 0 Å². The van der Waals surface area contributed by atoms with E-state index < -0.39 is 0 Å². The number of hydrogen-bond donors (Lipinski definition) is 1. The van der Waals surface area contributed by atoms with Gasteiger partial charge < -0.3 is 5.73 Å². The normalized spacial score (nSPS) is 12.9. The smallest absolute Gasteiger partial charge is 0.131 e. The molecular formula is C15H20FN3. The van der Waals surface area contributed by atoms with Gasteiger partial charge in [-0.2, -0.15) is 5.10 Å². The van der Waals surface area contributed by atoms with Crippen molar-refractivity contribution in [2.75, 3.05) is 5.73 Å². The van der Waals surface area contributed by atoms with E-state index in [0.29, 0.717) is 17.3 Å². The van der Waals surface area contributed by atoms with E-state index in [2.05, 4.69) is 25.9 Å². The molecule has 0 radical (unpaired) electrons. The van der Waals surface area contributed by atoms with Gasteiger partial charge in [0.15, 0.2) is 0 Å². The predicted octanol–water partition coefficient (Wildman–Crippen LogP) is 3.57. The molecule has 1 heterocycles. The topological polar surface area (TPSA) is 43.8 Å². The Labute approximate surface area is 113 Å². The fourth-order valence-electron chi connectivity index (χ4n) is 2.13. The minimum Gasteiger partial charge on any atom is -0.383 e. The van der Waals surface area contributed by atoms with Crippen molar-refractivity contribution in [2.45, 2.75) is 26.7 Å². The predicted molar refractivity (Wildman–Crippen MR) is 76.3 cm³/mol. The zero-order valence-electron chi connectivity index (χ0n) is 11.8. The summed E-state index contributed by atoms with van der Waals surface area (Å²) in [5, 5.41) is 4.47. The van der Waals surface area contributed by atoms with Gasteiger partial charge in [-0.3, -0.25) is 4.68 Å². The number of anilines is 1. The highest BCUT2D eigenvalue weighted by Gasteiger charge is 2.24. The lowest BCUT2D eigenvalue weighted by Gasteiger charge is -2.15. The zero-order chi connectivity index (χ0) is 14.2. The van der Waals surface area contributed by atoms with Crippen molar-refractivity contribution in [3.8, 4) is 11.1 Å². The Kier molecular flexibility index (Phi) is 3.60. The first-order valence-electron chi connectivity index (χ1n) is 6.50. The molecule has 1 aromatic carbocycles. The molecule has 0 amide bonds. The van der Waals surface area contributed by atoms with Crippen LogP contribution < -0.4 is 5.73 Å². The molecule has 4 heteroatoms. The second-order valence-electron chi connectivity index (χ2n) is 5.28. The maximum Gasteiger partial charge on any atom is 0.131 e. The van der Waals surface area contributed by atoms with Gasteiger partial charge in [0.1, 0.15) is 11.6 Å². The van der Waals surface area contributed by atoms with E-state index in [4.69, 9.17) is 5.73 Å². The van der Waals surface area contributed by atoms with E-state index >= 15 is 0 Å². The van der Waals surface area contributed by atoms with E-state index in [1.807, 2.05) is 6.07 Å². The molecule has 0 saturated heterocycles. The van der Waals surface area contributed by atoms with Crippen LogP contribution in [0, 0.1) is 11.7 Å². The Hall–Kier alpha value is -1.84. The zero-order valence-corrected chi connectivity index (χ0v) is 11.8.